The number of nitrogens with one attached hydrogen (secondary N) is 3. The molecule has 6 aromatic rings. The van der Waals surface area contributed by atoms with E-state index in [-0.39, 0.29) is 5.69 Å². The van der Waals surface area contributed by atoms with Crippen molar-refractivity contribution >= 4 is 51.3 Å². The number of aryl methyl sites for hydroxylation is 2. The van der Waals surface area contributed by atoms with E-state index in [0.717, 1.165) is 89.8 Å². The number of aromatic amines is 2. The number of hydrogen-bond donors (Lipinski definition) is 3. The third-order valence-electron chi connectivity index (χ3n) is 8.32. The summed E-state index contributed by atoms with van der Waals surface area (Å²) in [6.07, 6.45) is 6.69. The summed E-state index contributed by atoms with van der Waals surface area (Å²) >= 11 is 5.89. The summed E-state index contributed by atoms with van der Waals surface area (Å²) in [6, 6.07) is 21.0. The topological polar surface area (TPSA) is 143 Å². The van der Waals surface area contributed by atoms with Crippen molar-refractivity contribution in [1.82, 2.24) is 34.4 Å². The molecule has 1 amide bonds. The summed E-state index contributed by atoms with van der Waals surface area (Å²) in [5, 5.41) is 3.28. The zero-order valence-corrected chi connectivity index (χ0v) is 28.7. The number of carbonyl (C=O) groups is 1. The molecule has 0 radical (unpaired) electrons. The van der Waals surface area contributed by atoms with Gasteiger partial charge in [0.2, 0.25) is 12.3 Å². The molecule has 0 unspecified atom stereocenters. The van der Waals surface area contributed by atoms with Gasteiger partial charge in [0, 0.05) is 51.3 Å². The van der Waals surface area contributed by atoms with Crippen molar-refractivity contribution in [3.63, 3.8) is 0 Å². The van der Waals surface area contributed by atoms with Crippen molar-refractivity contribution < 1.29 is 14.3 Å². The SMILES string of the molecule is C1COC1.Cc1ccc2[nH]c(=O)[nH]c2c1.Cn1c(CN2CC=C(c3cccc(OCc4ccc(Cl)cn4)n3)CC2)nc2cc(NC=O)ccc21. The van der Waals surface area contributed by atoms with Crippen LogP contribution in [0.3, 0.4) is 0 Å². The number of aromatic nitrogens is 6. The number of fused-ring (bicyclic) bond motifs is 2. The first-order chi connectivity index (χ1) is 24.3. The molecular weight excluding hydrogens is 656 g/mol. The molecule has 4 aromatic heterocycles. The third kappa shape index (κ3) is 9.03. The standard InChI is InChI=1S/C26H25ClN6O2.C8H8N2O.C3H6O/c1-32-24-8-7-20(29-17-34)13-23(24)30-25(32)15-33-11-9-18(10-12-33)22-3-2-4-26(31-22)35-16-21-6-5-19(27)14-28-21;1-5-2-3-6-7(4-5)10-8(11)9-6;1-2-4-3-1/h2-9,13-14,17H,10-12,15-16H2,1H3,(H,29,34);2-4H,1H3,(H2,9,10,11);1-3H2. The van der Waals surface area contributed by atoms with Crippen molar-refractivity contribution in [3.8, 4) is 5.88 Å². The number of ether oxygens (including phenoxy) is 2. The third-order valence-corrected chi connectivity index (χ3v) is 8.54. The lowest BCUT2D eigenvalue weighted by Crippen LogP contribution is -2.29. The fraction of sp³-hybridized carbons (Fsp3) is 0.270. The van der Waals surface area contributed by atoms with Crippen LogP contribution in [0.2, 0.25) is 5.02 Å². The smallest absolute Gasteiger partial charge is 0.323 e. The Hall–Kier alpha value is -5.30. The molecule has 12 nitrogen and oxygen atoms in total. The maximum atomic E-state index is 10.8. The van der Waals surface area contributed by atoms with E-state index in [9.17, 15) is 9.59 Å². The maximum Gasteiger partial charge on any atom is 0.323 e. The van der Waals surface area contributed by atoms with E-state index in [4.69, 9.17) is 31.0 Å². The average Bonchev–Trinajstić information content (AvgIpc) is 3.61. The Morgan fingerprint density at radius 3 is 2.58 bits per heavy atom. The first-order valence-electron chi connectivity index (χ1n) is 16.4. The Morgan fingerprint density at radius 2 is 1.86 bits per heavy atom. The second-order valence-corrected chi connectivity index (χ2v) is 12.4. The second kappa shape index (κ2) is 16.4. The number of H-pyrrole nitrogens is 2. The summed E-state index contributed by atoms with van der Waals surface area (Å²) in [5.74, 6) is 1.56. The number of halogens is 1. The van der Waals surface area contributed by atoms with Crippen LogP contribution in [0.4, 0.5) is 5.69 Å². The summed E-state index contributed by atoms with van der Waals surface area (Å²) in [4.78, 5) is 43.0. The molecule has 6 heterocycles. The molecule has 0 saturated carbocycles. The molecule has 8 rings (SSSR count). The van der Waals surface area contributed by atoms with Crippen LogP contribution in [0.5, 0.6) is 5.88 Å². The first-order valence-corrected chi connectivity index (χ1v) is 16.8. The average molecular weight is 695 g/mol. The van der Waals surface area contributed by atoms with Crippen molar-refractivity contribution in [2.75, 3.05) is 31.6 Å². The number of imidazole rings is 2. The summed E-state index contributed by atoms with van der Waals surface area (Å²) in [6.45, 7) is 6.80. The number of carbonyl (C=O) groups excluding carboxylic acids is 1. The molecule has 0 spiro atoms. The van der Waals surface area contributed by atoms with E-state index >= 15 is 0 Å². The van der Waals surface area contributed by atoms with E-state index in [1.807, 2.05) is 74.6 Å². The highest BCUT2D eigenvalue weighted by molar-refractivity contribution is 6.30. The Labute approximate surface area is 294 Å². The minimum absolute atomic E-state index is 0.148. The molecule has 1 saturated heterocycles. The lowest BCUT2D eigenvalue weighted by atomic mass is 10.0. The normalized spacial score (nSPS) is 14.1. The highest BCUT2D eigenvalue weighted by Gasteiger charge is 2.18. The molecule has 1 fully saturated rings. The number of amides is 1. The van der Waals surface area contributed by atoms with Crippen LogP contribution < -0.4 is 15.7 Å². The minimum Gasteiger partial charge on any atom is -0.471 e. The molecule has 0 atom stereocenters. The van der Waals surface area contributed by atoms with Gasteiger partial charge >= 0.3 is 5.69 Å². The predicted octanol–water partition coefficient (Wildman–Crippen LogP) is 6.02. The van der Waals surface area contributed by atoms with Crippen LogP contribution in [0.15, 0.2) is 83.8 Å². The molecule has 0 aliphatic carbocycles. The Balaban J connectivity index is 0.000000235. The Morgan fingerprint density at radius 1 is 1.04 bits per heavy atom. The zero-order chi connectivity index (χ0) is 34.9. The maximum absolute atomic E-state index is 10.8. The number of hydrogen-bond acceptors (Lipinski definition) is 8. The van der Waals surface area contributed by atoms with Gasteiger partial charge in [-0.15, -0.1) is 0 Å². The van der Waals surface area contributed by atoms with Gasteiger partial charge in [-0.25, -0.2) is 14.8 Å². The summed E-state index contributed by atoms with van der Waals surface area (Å²) < 4.78 is 12.7. The van der Waals surface area contributed by atoms with E-state index < -0.39 is 0 Å². The zero-order valence-electron chi connectivity index (χ0n) is 28.0. The van der Waals surface area contributed by atoms with E-state index in [1.54, 1.807) is 12.3 Å². The highest BCUT2D eigenvalue weighted by atomic mass is 35.5. The van der Waals surface area contributed by atoms with Crippen LogP contribution in [0.25, 0.3) is 27.6 Å². The quantitative estimate of drug-likeness (QED) is 0.164. The van der Waals surface area contributed by atoms with E-state index in [0.29, 0.717) is 23.9 Å². The summed E-state index contributed by atoms with van der Waals surface area (Å²) in [7, 11) is 2.03. The van der Waals surface area contributed by atoms with Gasteiger partial charge in [-0.3, -0.25) is 14.7 Å². The number of pyridine rings is 2. The number of anilines is 1. The second-order valence-electron chi connectivity index (χ2n) is 12.0. The molecule has 0 bridgehead atoms. The molecule has 2 aliphatic rings. The molecule has 2 aromatic carbocycles. The largest absolute Gasteiger partial charge is 0.471 e. The van der Waals surface area contributed by atoms with Gasteiger partial charge in [0.05, 0.1) is 45.0 Å². The fourth-order valence-electron chi connectivity index (χ4n) is 5.44. The van der Waals surface area contributed by atoms with Crippen LogP contribution >= 0.6 is 11.6 Å². The van der Waals surface area contributed by atoms with Crippen molar-refractivity contribution in [1.29, 1.82) is 0 Å². The Kier molecular flexibility index (Phi) is 11.3. The lowest BCUT2D eigenvalue weighted by Gasteiger charge is -2.25. The number of benzene rings is 2. The van der Waals surface area contributed by atoms with Gasteiger partial charge in [0.15, 0.2) is 0 Å². The van der Waals surface area contributed by atoms with E-state index in [2.05, 4.69) is 35.8 Å². The van der Waals surface area contributed by atoms with Crippen molar-refractivity contribution in [2.24, 2.45) is 7.05 Å². The first kappa shape index (κ1) is 34.6. The fourth-order valence-corrected chi connectivity index (χ4v) is 5.55. The van der Waals surface area contributed by atoms with Gasteiger partial charge in [0.1, 0.15) is 12.4 Å². The van der Waals surface area contributed by atoms with Crippen LogP contribution in [-0.4, -0.2) is 67.1 Å². The van der Waals surface area contributed by atoms with Gasteiger partial charge in [-0.05, 0) is 79.4 Å². The van der Waals surface area contributed by atoms with Gasteiger partial charge in [-0.2, -0.15) is 0 Å². The lowest BCUT2D eigenvalue weighted by molar-refractivity contribution is -0.105. The highest BCUT2D eigenvalue weighted by Crippen LogP contribution is 2.25. The molecule has 3 N–H and O–H groups in total. The van der Waals surface area contributed by atoms with Crippen molar-refractivity contribution in [3.05, 3.63) is 117 Å². The number of rotatable bonds is 8. The predicted molar refractivity (Wildman–Crippen MR) is 195 cm³/mol. The molecule has 13 heteroatoms. The van der Waals surface area contributed by atoms with Gasteiger partial charge in [-0.1, -0.05) is 29.8 Å². The minimum atomic E-state index is -0.148. The van der Waals surface area contributed by atoms with Gasteiger partial charge in [0.25, 0.3) is 0 Å². The number of nitrogens with zero attached hydrogens (tertiary/aromatic N) is 5. The Bertz CT molecular complexity index is 2150. The monoisotopic (exact) mass is 694 g/mol. The van der Waals surface area contributed by atoms with Crippen molar-refractivity contribution in [2.45, 2.75) is 32.9 Å². The summed E-state index contributed by atoms with van der Waals surface area (Å²) in [5.41, 5.74) is 8.33. The van der Waals surface area contributed by atoms with Crippen LogP contribution in [0.1, 0.15) is 35.6 Å². The van der Waals surface area contributed by atoms with Crippen LogP contribution in [0, 0.1) is 6.92 Å². The van der Waals surface area contributed by atoms with E-state index in [1.165, 1.54) is 12.0 Å². The van der Waals surface area contributed by atoms with Crippen LogP contribution in [-0.2, 0) is 29.7 Å². The van der Waals surface area contributed by atoms with Gasteiger partial charge < -0.3 is 29.3 Å². The molecule has 50 heavy (non-hydrogen) atoms. The molecule has 258 valence electrons. The molecule has 2 aliphatic heterocycles. The molecular formula is C37H39ClN8O4.